The molecule has 4 heteroatoms. The molecule has 2 fully saturated rings. The Hall–Kier alpha value is -1.71. The minimum absolute atomic E-state index is 0.0532. The Morgan fingerprint density at radius 2 is 1.20 bits per heavy atom. The average Bonchev–Trinajstić information content (AvgIpc) is 2.93. The molecule has 0 atom stereocenters. The van der Waals surface area contributed by atoms with Crippen LogP contribution in [0.2, 0.25) is 0 Å². The minimum atomic E-state index is -0.0532. The van der Waals surface area contributed by atoms with Crippen molar-refractivity contribution in [1.29, 1.82) is 0 Å². The second kappa shape index (κ2) is 10.1. The fourth-order valence-corrected chi connectivity index (χ4v) is 2.09. The molecule has 0 bridgehead atoms. The standard InChI is InChI=1S/C6H10O.C5H5NO.C5H8O/c7-6-4-2-1-3-5-6;7-5-3-1-2-4-6-5;6-5-3-1-2-4-5/h1-5H2;1-4H,(H,6,7);1-4H2. The molecule has 1 N–H and O–H groups in total. The Labute approximate surface area is 119 Å². The maximum atomic E-state index is 10.5. The number of ketones is 2. The molecule has 0 amide bonds. The largest absolute Gasteiger partial charge is 0.329 e. The first-order valence-corrected chi connectivity index (χ1v) is 7.35. The van der Waals surface area contributed by atoms with Crippen LogP contribution >= 0.6 is 0 Å². The minimum Gasteiger partial charge on any atom is -0.329 e. The summed E-state index contributed by atoms with van der Waals surface area (Å²) in [4.78, 5) is 33.4. The summed E-state index contributed by atoms with van der Waals surface area (Å²) < 4.78 is 0. The summed E-state index contributed by atoms with van der Waals surface area (Å²) in [5, 5.41) is 0. The van der Waals surface area contributed by atoms with Crippen LogP contribution in [0.25, 0.3) is 0 Å². The Kier molecular flexibility index (Phi) is 8.27. The van der Waals surface area contributed by atoms with E-state index in [9.17, 15) is 14.4 Å². The molecule has 20 heavy (non-hydrogen) atoms. The fourth-order valence-electron chi connectivity index (χ4n) is 2.09. The van der Waals surface area contributed by atoms with Gasteiger partial charge in [0.2, 0.25) is 5.56 Å². The van der Waals surface area contributed by atoms with Crippen LogP contribution in [0, 0.1) is 0 Å². The lowest BCUT2D eigenvalue weighted by atomic mass is 10.00. The Bertz CT molecular complexity index is 431. The fraction of sp³-hybridized carbons (Fsp3) is 0.562. The third-order valence-corrected chi connectivity index (χ3v) is 3.25. The predicted octanol–water partition coefficient (Wildman–Crippen LogP) is 3.02. The SMILES string of the molecule is O=C1CCCC1.O=C1CCCCC1.O=c1cccc[nH]1. The van der Waals surface area contributed by atoms with Crippen molar-refractivity contribution in [3.05, 3.63) is 34.7 Å². The van der Waals surface area contributed by atoms with Gasteiger partial charge < -0.3 is 4.98 Å². The lowest BCUT2D eigenvalue weighted by Gasteiger charge is -2.05. The number of H-pyrrole nitrogens is 1. The van der Waals surface area contributed by atoms with Crippen LogP contribution in [0.15, 0.2) is 29.2 Å². The molecule has 2 saturated carbocycles. The number of rotatable bonds is 0. The van der Waals surface area contributed by atoms with Crippen LogP contribution in [0.5, 0.6) is 0 Å². The van der Waals surface area contributed by atoms with Crippen molar-refractivity contribution in [2.75, 3.05) is 0 Å². The average molecular weight is 277 g/mol. The molecule has 1 aromatic rings. The van der Waals surface area contributed by atoms with Crippen molar-refractivity contribution in [3.8, 4) is 0 Å². The number of carbonyl (C=O) groups is 2. The molecular weight excluding hydrogens is 254 g/mol. The molecule has 2 aliphatic rings. The van der Waals surface area contributed by atoms with Gasteiger partial charge in [-0.1, -0.05) is 12.5 Å². The van der Waals surface area contributed by atoms with Gasteiger partial charge in [-0.15, -0.1) is 0 Å². The van der Waals surface area contributed by atoms with Crippen LogP contribution in [-0.2, 0) is 9.59 Å². The van der Waals surface area contributed by atoms with Crippen molar-refractivity contribution >= 4 is 11.6 Å². The summed E-state index contributed by atoms with van der Waals surface area (Å²) in [5.74, 6) is 0.918. The Balaban J connectivity index is 0.000000151. The number of Topliss-reactive ketones (excluding diaryl/α,β-unsaturated/α-hetero) is 2. The molecule has 0 saturated heterocycles. The van der Waals surface area contributed by atoms with Crippen molar-refractivity contribution < 1.29 is 9.59 Å². The van der Waals surface area contributed by atoms with Gasteiger partial charge in [0.25, 0.3) is 0 Å². The normalized spacial score (nSPS) is 17.6. The van der Waals surface area contributed by atoms with Crippen molar-refractivity contribution in [1.82, 2.24) is 4.98 Å². The van der Waals surface area contributed by atoms with E-state index in [0.717, 1.165) is 51.4 Å². The zero-order valence-corrected chi connectivity index (χ0v) is 11.9. The van der Waals surface area contributed by atoms with Gasteiger partial charge in [0, 0.05) is 37.9 Å². The topological polar surface area (TPSA) is 67.0 Å². The van der Waals surface area contributed by atoms with Crippen LogP contribution in [0.1, 0.15) is 57.8 Å². The first-order valence-electron chi connectivity index (χ1n) is 7.35. The summed E-state index contributed by atoms with van der Waals surface area (Å²) in [5.41, 5.74) is -0.0532. The van der Waals surface area contributed by atoms with Gasteiger partial charge in [0.1, 0.15) is 11.6 Å². The smallest absolute Gasteiger partial charge is 0.247 e. The van der Waals surface area contributed by atoms with Crippen LogP contribution in [0.4, 0.5) is 0 Å². The van der Waals surface area contributed by atoms with E-state index in [1.165, 1.54) is 12.5 Å². The van der Waals surface area contributed by atoms with E-state index in [4.69, 9.17) is 0 Å². The van der Waals surface area contributed by atoms with Gasteiger partial charge >= 0.3 is 0 Å². The van der Waals surface area contributed by atoms with Gasteiger partial charge in [-0.05, 0) is 31.7 Å². The molecule has 3 rings (SSSR count). The van der Waals surface area contributed by atoms with Crippen molar-refractivity contribution in [2.45, 2.75) is 57.8 Å². The van der Waals surface area contributed by atoms with Gasteiger partial charge in [-0.2, -0.15) is 0 Å². The van der Waals surface area contributed by atoms with E-state index >= 15 is 0 Å². The summed E-state index contributed by atoms with van der Waals surface area (Å²) >= 11 is 0. The lowest BCUT2D eigenvalue weighted by Crippen LogP contribution is -2.02. The summed E-state index contributed by atoms with van der Waals surface area (Å²) in [6.07, 6.45) is 10.8. The molecule has 0 aliphatic heterocycles. The summed E-state index contributed by atoms with van der Waals surface area (Å²) in [7, 11) is 0. The highest BCUT2D eigenvalue weighted by molar-refractivity contribution is 5.80. The van der Waals surface area contributed by atoms with Crippen LogP contribution < -0.4 is 5.56 Å². The number of aromatic amines is 1. The van der Waals surface area contributed by atoms with Gasteiger partial charge in [0.05, 0.1) is 0 Å². The summed E-state index contributed by atoms with van der Waals surface area (Å²) in [6, 6.07) is 4.93. The number of pyridine rings is 1. The second-order valence-corrected chi connectivity index (χ2v) is 5.07. The van der Waals surface area contributed by atoms with Gasteiger partial charge in [-0.25, -0.2) is 0 Å². The number of hydrogen-bond acceptors (Lipinski definition) is 3. The maximum absolute atomic E-state index is 10.5. The zero-order valence-electron chi connectivity index (χ0n) is 11.9. The predicted molar refractivity (Wildman–Crippen MR) is 78.6 cm³/mol. The number of carbonyl (C=O) groups excluding carboxylic acids is 2. The Morgan fingerprint density at radius 1 is 0.700 bits per heavy atom. The molecule has 0 aromatic carbocycles. The molecule has 110 valence electrons. The maximum Gasteiger partial charge on any atom is 0.247 e. The van der Waals surface area contributed by atoms with E-state index < -0.39 is 0 Å². The third-order valence-electron chi connectivity index (χ3n) is 3.25. The van der Waals surface area contributed by atoms with E-state index in [-0.39, 0.29) is 5.56 Å². The number of hydrogen-bond donors (Lipinski definition) is 1. The first-order chi connectivity index (χ1) is 9.68. The molecule has 1 aromatic heterocycles. The third kappa shape index (κ3) is 8.40. The quantitative estimate of drug-likeness (QED) is 0.792. The molecule has 0 radical (unpaired) electrons. The first kappa shape index (κ1) is 16.3. The van der Waals surface area contributed by atoms with E-state index in [1.54, 1.807) is 18.3 Å². The van der Waals surface area contributed by atoms with Crippen LogP contribution in [-0.4, -0.2) is 16.6 Å². The molecule has 0 spiro atoms. The van der Waals surface area contributed by atoms with Gasteiger partial charge in [0.15, 0.2) is 0 Å². The number of aromatic nitrogens is 1. The highest BCUT2D eigenvalue weighted by atomic mass is 16.1. The van der Waals surface area contributed by atoms with E-state index in [2.05, 4.69) is 4.98 Å². The van der Waals surface area contributed by atoms with Gasteiger partial charge in [-0.3, -0.25) is 14.4 Å². The zero-order chi connectivity index (χ0) is 14.6. The molecule has 1 heterocycles. The monoisotopic (exact) mass is 277 g/mol. The van der Waals surface area contributed by atoms with Crippen molar-refractivity contribution in [3.63, 3.8) is 0 Å². The second-order valence-electron chi connectivity index (χ2n) is 5.07. The molecule has 4 nitrogen and oxygen atoms in total. The highest BCUT2D eigenvalue weighted by Crippen LogP contribution is 2.12. The Morgan fingerprint density at radius 3 is 1.45 bits per heavy atom. The molecule has 0 unspecified atom stereocenters. The van der Waals surface area contributed by atoms with Crippen LogP contribution in [0.3, 0.4) is 0 Å². The number of nitrogens with one attached hydrogen (secondary N) is 1. The molecule has 2 aliphatic carbocycles. The summed E-state index contributed by atoms with van der Waals surface area (Å²) in [6.45, 7) is 0. The highest BCUT2D eigenvalue weighted by Gasteiger charge is 2.07. The van der Waals surface area contributed by atoms with Crippen molar-refractivity contribution in [2.24, 2.45) is 0 Å². The molecular formula is C16H23NO3. The lowest BCUT2D eigenvalue weighted by molar-refractivity contribution is -0.120. The van der Waals surface area contributed by atoms with E-state index in [0.29, 0.717) is 11.6 Å². The van der Waals surface area contributed by atoms with E-state index in [1.807, 2.05) is 0 Å².